The van der Waals surface area contributed by atoms with Crippen LogP contribution in [0.4, 0.5) is 10.6 Å². The first-order valence-corrected chi connectivity index (χ1v) is 11.4. The summed E-state index contributed by atoms with van der Waals surface area (Å²) in [6.45, 7) is 3.12. The number of imidazole rings is 1. The topological polar surface area (TPSA) is 83.8 Å². The van der Waals surface area contributed by atoms with E-state index in [0.717, 1.165) is 25.2 Å². The summed E-state index contributed by atoms with van der Waals surface area (Å²) >= 11 is 0. The second-order valence-corrected chi connectivity index (χ2v) is 8.44. The van der Waals surface area contributed by atoms with Crippen molar-refractivity contribution in [3.8, 4) is 11.3 Å². The fraction of sp³-hybridized carbons (Fsp3) is 0.269. The van der Waals surface area contributed by atoms with Crippen molar-refractivity contribution in [3.63, 3.8) is 0 Å². The van der Waals surface area contributed by atoms with Crippen molar-refractivity contribution in [2.45, 2.75) is 12.0 Å². The minimum Gasteiger partial charge on any atom is -0.383 e. The average molecular weight is 457 g/mol. The molecule has 2 aromatic carbocycles. The van der Waals surface area contributed by atoms with Gasteiger partial charge in [-0.25, -0.2) is 14.8 Å². The SMILES string of the molecule is COCCN1CC(NC(=O)Nc2c(-c3ccccc3)nc3ncccn23)C(c2ccccc2)C1. The summed E-state index contributed by atoms with van der Waals surface area (Å²) in [7, 11) is 1.71. The highest BCUT2D eigenvalue weighted by Crippen LogP contribution is 2.30. The first kappa shape index (κ1) is 22.1. The van der Waals surface area contributed by atoms with Crippen LogP contribution in [0.1, 0.15) is 11.5 Å². The Balaban J connectivity index is 1.39. The van der Waals surface area contributed by atoms with E-state index in [1.54, 1.807) is 17.7 Å². The molecule has 5 rings (SSSR count). The number of likely N-dealkylation sites (tertiary alicyclic amines) is 1. The summed E-state index contributed by atoms with van der Waals surface area (Å²) in [5.74, 6) is 1.32. The quantitative estimate of drug-likeness (QED) is 0.444. The standard InChI is InChI=1S/C26H28N6O2/c1-34-16-15-31-17-21(19-9-4-2-5-10-19)22(18-31)28-26(33)30-24-23(20-11-6-3-7-12-20)29-25-27-13-8-14-32(24)25/h2-14,21-22H,15-18H2,1H3,(H2,28,30,33). The number of carbonyl (C=O) groups excluding carboxylic acids is 1. The Bertz CT molecular complexity index is 1240. The molecule has 1 aliphatic rings. The Hall–Kier alpha value is -3.75. The maximum absolute atomic E-state index is 13.3. The van der Waals surface area contributed by atoms with Crippen LogP contribution in [0.15, 0.2) is 79.1 Å². The molecule has 8 heteroatoms. The van der Waals surface area contributed by atoms with Gasteiger partial charge in [0.05, 0.1) is 12.6 Å². The molecule has 2 aromatic heterocycles. The highest BCUT2D eigenvalue weighted by Gasteiger charge is 2.34. The van der Waals surface area contributed by atoms with Crippen molar-refractivity contribution in [1.82, 2.24) is 24.6 Å². The van der Waals surface area contributed by atoms with Crippen molar-refractivity contribution >= 4 is 17.6 Å². The number of fused-ring (bicyclic) bond motifs is 1. The molecule has 1 saturated heterocycles. The van der Waals surface area contributed by atoms with Crippen LogP contribution in [0.3, 0.4) is 0 Å². The summed E-state index contributed by atoms with van der Waals surface area (Å²) in [6, 6.07) is 21.7. The smallest absolute Gasteiger partial charge is 0.320 e. The molecular formula is C26H28N6O2. The molecule has 4 aromatic rings. The van der Waals surface area contributed by atoms with Crippen LogP contribution in [0, 0.1) is 0 Å². The molecule has 1 aliphatic heterocycles. The molecule has 8 nitrogen and oxygen atoms in total. The minimum absolute atomic E-state index is 0.0308. The van der Waals surface area contributed by atoms with E-state index in [-0.39, 0.29) is 18.0 Å². The van der Waals surface area contributed by atoms with Crippen molar-refractivity contribution in [2.75, 3.05) is 38.7 Å². The lowest BCUT2D eigenvalue weighted by Crippen LogP contribution is -2.42. The number of benzene rings is 2. The Labute approximate surface area is 198 Å². The first-order valence-electron chi connectivity index (χ1n) is 11.4. The normalized spacial score (nSPS) is 18.3. The largest absolute Gasteiger partial charge is 0.383 e. The van der Waals surface area contributed by atoms with Crippen LogP contribution in [-0.4, -0.2) is 64.7 Å². The third kappa shape index (κ3) is 4.64. The molecule has 0 spiro atoms. The fourth-order valence-corrected chi connectivity index (χ4v) is 4.59. The summed E-state index contributed by atoms with van der Waals surface area (Å²) in [5, 5.41) is 6.28. The molecule has 2 amide bonds. The molecular weight excluding hydrogens is 428 g/mol. The van der Waals surface area contributed by atoms with Crippen molar-refractivity contribution < 1.29 is 9.53 Å². The van der Waals surface area contributed by atoms with E-state index < -0.39 is 0 Å². The molecule has 1 fully saturated rings. The lowest BCUT2D eigenvalue weighted by atomic mass is 9.94. The number of ether oxygens (including phenoxy) is 1. The molecule has 0 bridgehead atoms. The van der Waals surface area contributed by atoms with Gasteiger partial charge in [-0.3, -0.25) is 14.6 Å². The number of rotatable bonds is 7. The van der Waals surface area contributed by atoms with Gasteiger partial charge in [0.15, 0.2) is 0 Å². The zero-order chi connectivity index (χ0) is 23.3. The zero-order valence-electron chi connectivity index (χ0n) is 19.1. The van der Waals surface area contributed by atoms with Crippen LogP contribution in [-0.2, 0) is 4.74 Å². The molecule has 0 aliphatic carbocycles. The minimum atomic E-state index is -0.262. The van der Waals surface area contributed by atoms with E-state index in [0.29, 0.717) is 23.9 Å². The number of nitrogens with zero attached hydrogens (tertiary/aromatic N) is 4. The Morgan fingerprint density at radius 3 is 2.59 bits per heavy atom. The van der Waals surface area contributed by atoms with Gasteiger partial charge in [-0.15, -0.1) is 0 Å². The third-order valence-corrected chi connectivity index (χ3v) is 6.23. The number of aromatic nitrogens is 3. The van der Waals surface area contributed by atoms with Crippen LogP contribution in [0.2, 0.25) is 0 Å². The van der Waals surface area contributed by atoms with Crippen molar-refractivity contribution in [3.05, 3.63) is 84.7 Å². The summed E-state index contributed by atoms with van der Waals surface area (Å²) in [5.41, 5.74) is 2.82. The number of carbonyl (C=O) groups is 1. The van der Waals surface area contributed by atoms with Gasteiger partial charge in [0.25, 0.3) is 0 Å². The highest BCUT2D eigenvalue weighted by atomic mass is 16.5. The molecule has 174 valence electrons. The van der Waals surface area contributed by atoms with Crippen LogP contribution in [0.25, 0.3) is 17.0 Å². The van der Waals surface area contributed by atoms with Crippen LogP contribution < -0.4 is 10.6 Å². The summed E-state index contributed by atoms with van der Waals surface area (Å²) < 4.78 is 7.07. The number of methoxy groups -OCH3 is 1. The number of hydrogen-bond acceptors (Lipinski definition) is 5. The lowest BCUT2D eigenvalue weighted by molar-refractivity contribution is 0.159. The van der Waals surface area contributed by atoms with E-state index in [1.165, 1.54) is 5.56 Å². The van der Waals surface area contributed by atoms with E-state index >= 15 is 0 Å². The second kappa shape index (κ2) is 10.0. The predicted octanol–water partition coefficient (Wildman–Crippen LogP) is 3.63. The number of urea groups is 1. The third-order valence-electron chi connectivity index (χ3n) is 6.23. The van der Waals surface area contributed by atoms with Gasteiger partial charge in [0.1, 0.15) is 11.5 Å². The Morgan fingerprint density at radius 1 is 1.06 bits per heavy atom. The first-order chi connectivity index (χ1) is 16.7. The van der Waals surface area contributed by atoms with Gasteiger partial charge in [-0.2, -0.15) is 0 Å². The van der Waals surface area contributed by atoms with Crippen molar-refractivity contribution in [2.24, 2.45) is 0 Å². The zero-order valence-corrected chi connectivity index (χ0v) is 19.1. The fourth-order valence-electron chi connectivity index (χ4n) is 4.59. The highest BCUT2D eigenvalue weighted by molar-refractivity contribution is 5.93. The maximum Gasteiger partial charge on any atom is 0.320 e. The monoisotopic (exact) mass is 456 g/mol. The van der Waals surface area contributed by atoms with Gasteiger partial charge < -0.3 is 10.1 Å². The van der Waals surface area contributed by atoms with E-state index in [9.17, 15) is 4.79 Å². The Kier molecular flexibility index (Phi) is 6.51. The van der Waals surface area contributed by atoms with Crippen LogP contribution in [0.5, 0.6) is 0 Å². The molecule has 2 unspecified atom stereocenters. The molecule has 0 radical (unpaired) electrons. The number of hydrogen-bond donors (Lipinski definition) is 2. The molecule has 2 N–H and O–H groups in total. The Morgan fingerprint density at radius 2 is 1.82 bits per heavy atom. The summed E-state index contributed by atoms with van der Waals surface area (Å²) in [4.78, 5) is 24.6. The number of anilines is 1. The van der Waals surface area contributed by atoms with Gasteiger partial charge in [0.2, 0.25) is 5.78 Å². The lowest BCUT2D eigenvalue weighted by Gasteiger charge is -2.20. The van der Waals surface area contributed by atoms with E-state index in [1.807, 2.05) is 60.8 Å². The average Bonchev–Trinajstić information content (AvgIpc) is 3.45. The van der Waals surface area contributed by atoms with Gasteiger partial charge in [0, 0.05) is 50.6 Å². The predicted molar refractivity (Wildman–Crippen MR) is 132 cm³/mol. The molecule has 2 atom stereocenters. The van der Waals surface area contributed by atoms with Gasteiger partial charge in [-0.05, 0) is 11.6 Å². The maximum atomic E-state index is 13.3. The van der Waals surface area contributed by atoms with Gasteiger partial charge in [-0.1, -0.05) is 60.7 Å². The summed E-state index contributed by atoms with van der Waals surface area (Å²) in [6.07, 6.45) is 3.55. The number of nitrogens with one attached hydrogen (secondary N) is 2. The van der Waals surface area contributed by atoms with Crippen molar-refractivity contribution in [1.29, 1.82) is 0 Å². The molecule has 34 heavy (non-hydrogen) atoms. The molecule has 0 saturated carbocycles. The van der Waals surface area contributed by atoms with Gasteiger partial charge >= 0.3 is 6.03 Å². The second-order valence-electron chi connectivity index (χ2n) is 8.44. The molecule has 3 heterocycles. The van der Waals surface area contributed by atoms with E-state index in [2.05, 4.69) is 37.6 Å². The van der Waals surface area contributed by atoms with Crippen LogP contribution >= 0.6 is 0 Å². The van der Waals surface area contributed by atoms with E-state index in [4.69, 9.17) is 4.74 Å². The number of amides is 2.